The molecule has 186 valence electrons. The lowest BCUT2D eigenvalue weighted by Crippen LogP contribution is -2.25. The Bertz CT molecular complexity index is 1500. The number of hydrogen-bond donors (Lipinski definition) is 2. The zero-order valence-corrected chi connectivity index (χ0v) is 21.4. The minimum Gasteiger partial charge on any atom is -0.511 e. The van der Waals surface area contributed by atoms with Crippen molar-refractivity contribution >= 4 is 39.2 Å². The standard InChI is InChI=1S/C31H26FNO3S/c1-31(2)17-23(34)26(24(35)18-31)29-25(19-9-5-3-6-10-19)27(28(36)20-11-7-4-8-12-20)30(37-29)33-22-15-13-21(32)14-16-22/h3-16,33-34H,17-18H2,1-2H3. The van der Waals surface area contributed by atoms with Crippen LogP contribution in [-0.2, 0) is 4.79 Å². The quantitative estimate of drug-likeness (QED) is 0.256. The molecule has 1 aliphatic carbocycles. The molecule has 0 spiro atoms. The summed E-state index contributed by atoms with van der Waals surface area (Å²) in [6.45, 7) is 3.91. The highest BCUT2D eigenvalue weighted by atomic mass is 32.1. The van der Waals surface area contributed by atoms with Gasteiger partial charge in [-0.15, -0.1) is 11.3 Å². The zero-order chi connectivity index (χ0) is 26.2. The van der Waals surface area contributed by atoms with Gasteiger partial charge in [0.25, 0.3) is 0 Å². The number of thiophene rings is 1. The van der Waals surface area contributed by atoms with E-state index in [0.717, 1.165) is 5.56 Å². The number of hydrogen-bond acceptors (Lipinski definition) is 5. The summed E-state index contributed by atoms with van der Waals surface area (Å²) in [7, 11) is 0. The number of carbonyl (C=O) groups is 2. The maximum atomic E-state index is 14.0. The Labute approximate surface area is 219 Å². The predicted molar refractivity (Wildman–Crippen MR) is 147 cm³/mol. The molecule has 3 aromatic carbocycles. The Balaban J connectivity index is 1.79. The number of nitrogens with one attached hydrogen (secondary N) is 1. The maximum absolute atomic E-state index is 14.0. The van der Waals surface area contributed by atoms with Crippen molar-refractivity contribution in [3.05, 3.63) is 113 Å². The van der Waals surface area contributed by atoms with Gasteiger partial charge in [0.05, 0.1) is 16.0 Å². The highest BCUT2D eigenvalue weighted by molar-refractivity contribution is 7.18. The third-order valence-corrected chi connectivity index (χ3v) is 7.54. The van der Waals surface area contributed by atoms with E-state index in [4.69, 9.17) is 0 Å². The van der Waals surface area contributed by atoms with Gasteiger partial charge in [0.1, 0.15) is 16.6 Å². The number of allylic oxidation sites excluding steroid dienone is 2. The van der Waals surface area contributed by atoms with Gasteiger partial charge in [-0.05, 0) is 35.2 Å². The predicted octanol–water partition coefficient (Wildman–Crippen LogP) is 8.19. The zero-order valence-electron chi connectivity index (χ0n) is 20.5. The summed E-state index contributed by atoms with van der Waals surface area (Å²) in [4.78, 5) is 28.0. The van der Waals surface area contributed by atoms with E-state index in [1.807, 2.05) is 50.2 Å². The van der Waals surface area contributed by atoms with Crippen molar-refractivity contribution in [2.75, 3.05) is 5.32 Å². The summed E-state index contributed by atoms with van der Waals surface area (Å²) in [6.07, 6.45) is 0.657. The number of aliphatic hydroxyl groups is 1. The average Bonchev–Trinajstić information content (AvgIpc) is 3.23. The Hall–Kier alpha value is -4.03. The molecule has 0 saturated heterocycles. The molecular formula is C31H26FNO3S. The van der Waals surface area contributed by atoms with Crippen molar-refractivity contribution in [1.29, 1.82) is 0 Å². The fourth-order valence-corrected chi connectivity index (χ4v) is 6.06. The van der Waals surface area contributed by atoms with E-state index in [1.165, 1.54) is 23.5 Å². The lowest BCUT2D eigenvalue weighted by atomic mass is 9.75. The molecule has 0 saturated carbocycles. The van der Waals surface area contributed by atoms with E-state index in [0.29, 0.717) is 45.1 Å². The van der Waals surface area contributed by atoms with Crippen molar-refractivity contribution in [1.82, 2.24) is 0 Å². The number of aliphatic hydroxyl groups excluding tert-OH is 1. The normalized spacial score (nSPS) is 15.1. The Morgan fingerprint density at radius 3 is 2.16 bits per heavy atom. The molecule has 2 N–H and O–H groups in total. The van der Waals surface area contributed by atoms with E-state index in [1.54, 1.807) is 36.4 Å². The first-order valence-corrected chi connectivity index (χ1v) is 12.9. The van der Waals surface area contributed by atoms with E-state index < -0.39 is 0 Å². The summed E-state index contributed by atoms with van der Waals surface area (Å²) in [5.41, 5.74) is 2.77. The maximum Gasteiger partial charge on any atom is 0.196 e. The monoisotopic (exact) mass is 511 g/mol. The largest absolute Gasteiger partial charge is 0.511 e. The molecule has 0 bridgehead atoms. The molecule has 1 aliphatic rings. The SMILES string of the molecule is CC1(C)CC(=O)C(c2sc(Nc3ccc(F)cc3)c(C(=O)c3ccccc3)c2-c2ccccc2)=C(O)C1. The molecule has 0 aliphatic heterocycles. The average molecular weight is 512 g/mol. The van der Waals surface area contributed by atoms with Crippen LogP contribution < -0.4 is 5.32 Å². The minimum atomic E-state index is -0.367. The molecule has 0 unspecified atom stereocenters. The molecular weight excluding hydrogens is 485 g/mol. The first-order chi connectivity index (χ1) is 17.7. The van der Waals surface area contributed by atoms with E-state index in [-0.39, 0.29) is 34.1 Å². The van der Waals surface area contributed by atoms with Crippen molar-refractivity contribution in [2.24, 2.45) is 5.41 Å². The van der Waals surface area contributed by atoms with Gasteiger partial charge in [-0.3, -0.25) is 9.59 Å². The molecule has 37 heavy (non-hydrogen) atoms. The van der Waals surface area contributed by atoms with Gasteiger partial charge in [-0.25, -0.2) is 4.39 Å². The first-order valence-electron chi connectivity index (χ1n) is 12.0. The van der Waals surface area contributed by atoms with Crippen LogP contribution in [0.4, 0.5) is 15.1 Å². The van der Waals surface area contributed by atoms with Crippen LogP contribution in [-0.4, -0.2) is 16.7 Å². The molecule has 1 aromatic heterocycles. The Kier molecular flexibility index (Phi) is 6.52. The van der Waals surface area contributed by atoms with Crippen molar-refractivity contribution < 1.29 is 19.1 Å². The summed E-state index contributed by atoms with van der Waals surface area (Å²) >= 11 is 1.25. The Morgan fingerprint density at radius 1 is 0.919 bits per heavy atom. The van der Waals surface area contributed by atoms with Gasteiger partial charge in [-0.1, -0.05) is 74.5 Å². The smallest absolute Gasteiger partial charge is 0.196 e. The number of Topliss-reactive ketones (excluding diaryl/α,β-unsaturated/α-hetero) is 1. The van der Waals surface area contributed by atoms with Crippen LogP contribution in [0.3, 0.4) is 0 Å². The third-order valence-electron chi connectivity index (χ3n) is 6.42. The van der Waals surface area contributed by atoms with Crippen LogP contribution >= 0.6 is 11.3 Å². The van der Waals surface area contributed by atoms with Gasteiger partial charge in [-0.2, -0.15) is 0 Å². The highest BCUT2D eigenvalue weighted by Gasteiger charge is 2.37. The molecule has 5 rings (SSSR count). The van der Waals surface area contributed by atoms with Gasteiger partial charge in [0.2, 0.25) is 0 Å². The number of benzene rings is 3. The second-order valence-electron chi connectivity index (χ2n) is 9.97. The molecule has 0 radical (unpaired) electrons. The van der Waals surface area contributed by atoms with Gasteiger partial charge < -0.3 is 10.4 Å². The van der Waals surface area contributed by atoms with Crippen LogP contribution in [0.15, 0.2) is 90.7 Å². The van der Waals surface area contributed by atoms with E-state index >= 15 is 0 Å². The highest BCUT2D eigenvalue weighted by Crippen LogP contribution is 2.49. The van der Waals surface area contributed by atoms with Gasteiger partial charge in [0.15, 0.2) is 11.6 Å². The summed E-state index contributed by atoms with van der Waals surface area (Å²) in [6, 6.07) is 24.2. The number of anilines is 2. The summed E-state index contributed by atoms with van der Waals surface area (Å²) < 4.78 is 13.6. The third kappa shape index (κ3) is 4.98. The lowest BCUT2D eigenvalue weighted by Gasteiger charge is -2.29. The number of carbonyl (C=O) groups excluding carboxylic acids is 2. The molecule has 1 heterocycles. The fourth-order valence-electron chi connectivity index (χ4n) is 4.74. The number of ketones is 2. The molecule has 6 heteroatoms. The van der Waals surface area contributed by atoms with Crippen LogP contribution in [0.5, 0.6) is 0 Å². The van der Waals surface area contributed by atoms with Gasteiger partial charge >= 0.3 is 0 Å². The number of rotatable bonds is 6. The van der Waals surface area contributed by atoms with E-state index in [2.05, 4.69) is 5.32 Å². The van der Waals surface area contributed by atoms with Gasteiger partial charge in [0, 0.05) is 29.7 Å². The second kappa shape index (κ2) is 9.79. The van der Waals surface area contributed by atoms with Crippen LogP contribution in [0.2, 0.25) is 0 Å². The molecule has 0 amide bonds. The molecule has 4 aromatic rings. The fraction of sp³-hybridized carbons (Fsp3) is 0.161. The molecule has 4 nitrogen and oxygen atoms in total. The first kappa shape index (κ1) is 24.7. The second-order valence-corrected chi connectivity index (χ2v) is 11.0. The molecule has 0 fully saturated rings. The molecule has 0 atom stereocenters. The Morgan fingerprint density at radius 2 is 1.54 bits per heavy atom. The van der Waals surface area contributed by atoms with E-state index in [9.17, 15) is 19.1 Å². The van der Waals surface area contributed by atoms with Crippen molar-refractivity contribution in [3.63, 3.8) is 0 Å². The van der Waals surface area contributed by atoms with Crippen molar-refractivity contribution in [3.8, 4) is 11.1 Å². The lowest BCUT2D eigenvalue weighted by molar-refractivity contribution is -0.116. The topological polar surface area (TPSA) is 66.4 Å². The van der Waals surface area contributed by atoms with Crippen molar-refractivity contribution in [2.45, 2.75) is 26.7 Å². The number of halogens is 1. The van der Waals surface area contributed by atoms with Crippen LogP contribution in [0.1, 0.15) is 47.5 Å². The summed E-state index contributed by atoms with van der Waals surface area (Å²) in [5, 5.41) is 14.9. The summed E-state index contributed by atoms with van der Waals surface area (Å²) in [5.74, 6) is -0.699. The van der Waals surface area contributed by atoms with Crippen LogP contribution in [0.25, 0.3) is 16.7 Å². The minimum absolute atomic E-state index is 0.0340. The van der Waals surface area contributed by atoms with Crippen LogP contribution in [0, 0.1) is 11.2 Å².